The van der Waals surface area contributed by atoms with Gasteiger partial charge in [0.05, 0.1) is 0 Å². The fraction of sp³-hybridized carbons (Fsp3) is 0.538. The molecule has 1 aromatic rings. The molecule has 0 fully saturated rings. The molecule has 0 aromatic heterocycles. The van der Waals surface area contributed by atoms with Crippen molar-refractivity contribution in [2.75, 3.05) is 13.2 Å². The Hall–Kier alpha value is -1.09. The van der Waals surface area contributed by atoms with Gasteiger partial charge in [0.2, 0.25) is 0 Å². The maximum Gasteiger partial charge on any atom is 0.165 e. The zero-order valence-electron chi connectivity index (χ0n) is 10.2. The minimum absolute atomic E-state index is 0.110. The van der Waals surface area contributed by atoms with Crippen molar-refractivity contribution in [3.8, 4) is 5.75 Å². The Morgan fingerprint density at radius 2 is 2.00 bits per heavy atom. The average molecular weight is 225 g/mol. The van der Waals surface area contributed by atoms with Gasteiger partial charge in [0, 0.05) is 12.1 Å². The Morgan fingerprint density at radius 3 is 2.62 bits per heavy atom. The Bertz CT molecular complexity index is 325. The molecular weight excluding hydrogens is 205 g/mol. The van der Waals surface area contributed by atoms with Crippen LogP contribution in [0.1, 0.15) is 27.2 Å². The predicted molar refractivity (Wildman–Crippen MR) is 64.3 cm³/mol. The van der Waals surface area contributed by atoms with Crippen LogP contribution in [0, 0.1) is 5.82 Å². The van der Waals surface area contributed by atoms with Crippen LogP contribution in [0.3, 0.4) is 0 Å². The molecular formula is C13H20FNO. The largest absolute Gasteiger partial charge is 0.489 e. The summed E-state index contributed by atoms with van der Waals surface area (Å²) in [6.45, 7) is 7.59. The first-order valence-corrected chi connectivity index (χ1v) is 5.67. The van der Waals surface area contributed by atoms with Gasteiger partial charge in [-0.1, -0.05) is 19.1 Å². The van der Waals surface area contributed by atoms with Crippen LogP contribution in [0.15, 0.2) is 24.3 Å². The van der Waals surface area contributed by atoms with Gasteiger partial charge in [-0.25, -0.2) is 4.39 Å². The highest BCUT2D eigenvalue weighted by atomic mass is 19.1. The quantitative estimate of drug-likeness (QED) is 0.751. The first kappa shape index (κ1) is 13.0. The predicted octanol–water partition coefficient (Wildman–Crippen LogP) is 2.98. The van der Waals surface area contributed by atoms with Crippen LogP contribution in [-0.2, 0) is 0 Å². The molecule has 1 aromatic carbocycles. The van der Waals surface area contributed by atoms with Gasteiger partial charge in [0.25, 0.3) is 0 Å². The Balaban J connectivity index is 2.29. The van der Waals surface area contributed by atoms with Gasteiger partial charge in [-0.2, -0.15) is 0 Å². The van der Waals surface area contributed by atoms with E-state index in [2.05, 4.69) is 26.1 Å². The zero-order chi connectivity index (χ0) is 12.0. The fourth-order valence-electron chi connectivity index (χ4n) is 1.24. The van der Waals surface area contributed by atoms with Crippen molar-refractivity contribution < 1.29 is 9.13 Å². The van der Waals surface area contributed by atoms with Gasteiger partial charge in [0.1, 0.15) is 6.61 Å². The van der Waals surface area contributed by atoms with Crippen molar-refractivity contribution in [3.05, 3.63) is 30.1 Å². The first-order valence-electron chi connectivity index (χ1n) is 5.67. The van der Waals surface area contributed by atoms with Crippen molar-refractivity contribution in [2.24, 2.45) is 0 Å². The van der Waals surface area contributed by atoms with Crippen LogP contribution in [0.25, 0.3) is 0 Å². The maximum absolute atomic E-state index is 13.2. The number of hydrogen-bond acceptors (Lipinski definition) is 2. The van der Waals surface area contributed by atoms with E-state index in [1.54, 1.807) is 18.2 Å². The van der Waals surface area contributed by atoms with Crippen molar-refractivity contribution in [3.63, 3.8) is 0 Å². The van der Waals surface area contributed by atoms with E-state index in [1.807, 2.05) is 0 Å². The van der Waals surface area contributed by atoms with Gasteiger partial charge in [0.15, 0.2) is 11.6 Å². The van der Waals surface area contributed by atoms with Crippen LogP contribution >= 0.6 is 0 Å². The lowest BCUT2D eigenvalue weighted by atomic mass is 10.0. The van der Waals surface area contributed by atoms with Crippen molar-refractivity contribution in [2.45, 2.75) is 32.7 Å². The lowest BCUT2D eigenvalue weighted by Crippen LogP contribution is -2.40. The second-order valence-corrected chi connectivity index (χ2v) is 4.44. The number of hydrogen-bond donors (Lipinski definition) is 1. The number of nitrogens with one attached hydrogen (secondary N) is 1. The summed E-state index contributed by atoms with van der Waals surface area (Å²) in [5, 5.41) is 3.35. The molecule has 90 valence electrons. The lowest BCUT2D eigenvalue weighted by molar-refractivity contribution is 0.271. The molecule has 0 heterocycles. The van der Waals surface area contributed by atoms with E-state index in [9.17, 15) is 4.39 Å². The van der Waals surface area contributed by atoms with Crippen LogP contribution in [0.4, 0.5) is 4.39 Å². The minimum atomic E-state index is -0.308. The standard InChI is InChI=1S/C13H20FNO/c1-4-13(2,3)15-9-10-16-12-8-6-5-7-11(12)14/h5-8,15H,4,9-10H2,1-3H3. The molecule has 0 aliphatic carbocycles. The molecule has 2 nitrogen and oxygen atoms in total. The zero-order valence-corrected chi connectivity index (χ0v) is 10.2. The van der Waals surface area contributed by atoms with Gasteiger partial charge in [-0.3, -0.25) is 0 Å². The second kappa shape index (κ2) is 5.85. The topological polar surface area (TPSA) is 21.3 Å². The van der Waals surface area contributed by atoms with Crippen molar-refractivity contribution >= 4 is 0 Å². The number of ether oxygens (including phenoxy) is 1. The molecule has 0 bridgehead atoms. The normalized spacial score (nSPS) is 11.5. The van der Waals surface area contributed by atoms with Crippen molar-refractivity contribution in [1.29, 1.82) is 0 Å². The fourth-order valence-corrected chi connectivity index (χ4v) is 1.24. The Kier molecular flexibility index (Phi) is 4.74. The summed E-state index contributed by atoms with van der Waals surface area (Å²) in [7, 11) is 0. The molecule has 0 saturated heterocycles. The third-order valence-electron chi connectivity index (χ3n) is 2.68. The molecule has 0 atom stereocenters. The van der Waals surface area contributed by atoms with Gasteiger partial charge in [-0.15, -0.1) is 0 Å². The molecule has 1 N–H and O–H groups in total. The summed E-state index contributed by atoms with van der Waals surface area (Å²) >= 11 is 0. The van der Waals surface area contributed by atoms with Crippen molar-refractivity contribution in [1.82, 2.24) is 5.32 Å². The SMILES string of the molecule is CCC(C)(C)NCCOc1ccccc1F. The highest BCUT2D eigenvalue weighted by molar-refractivity contribution is 5.23. The highest BCUT2D eigenvalue weighted by Gasteiger charge is 2.12. The number of para-hydroxylation sites is 1. The highest BCUT2D eigenvalue weighted by Crippen LogP contribution is 2.15. The molecule has 1 rings (SSSR count). The summed E-state index contributed by atoms with van der Waals surface area (Å²) in [4.78, 5) is 0. The molecule has 0 radical (unpaired) electrons. The molecule has 0 unspecified atom stereocenters. The maximum atomic E-state index is 13.2. The van der Waals surface area contributed by atoms with E-state index in [-0.39, 0.29) is 11.4 Å². The molecule has 0 saturated carbocycles. The van der Waals surface area contributed by atoms with Crippen LogP contribution in [-0.4, -0.2) is 18.7 Å². The molecule has 16 heavy (non-hydrogen) atoms. The third-order valence-corrected chi connectivity index (χ3v) is 2.68. The summed E-state index contributed by atoms with van der Waals surface area (Å²) in [5.74, 6) is 0.0101. The summed E-state index contributed by atoms with van der Waals surface area (Å²) in [6.07, 6.45) is 1.05. The van der Waals surface area contributed by atoms with E-state index in [0.717, 1.165) is 13.0 Å². The number of halogens is 1. The molecule has 3 heteroatoms. The molecule has 0 aliphatic heterocycles. The Morgan fingerprint density at radius 1 is 1.31 bits per heavy atom. The van der Waals surface area contributed by atoms with E-state index >= 15 is 0 Å². The lowest BCUT2D eigenvalue weighted by Gasteiger charge is -2.24. The van der Waals surface area contributed by atoms with E-state index in [0.29, 0.717) is 12.4 Å². The van der Waals surface area contributed by atoms with Gasteiger partial charge < -0.3 is 10.1 Å². The van der Waals surface area contributed by atoms with E-state index in [1.165, 1.54) is 6.07 Å². The third kappa shape index (κ3) is 4.19. The average Bonchev–Trinajstić information content (AvgIpc) is 2.27. The minimum Gasteiger partial charge on any atom is -0.489 e. The first-order chi connectivity index (χ1) is 7.55. The van der Waals surface area contributed by atoms with E-state index in [4.69, 9.17) is 4.74 Å². The van der Waals surface area contributed by atoms with Crippen LogP contribution in [0.5, 0.6) is 5.75 Å². The smallest absolute Gasteiger partial charge is 0.165 e. The van der Waals surface area contributed by atoms with Crippen LogP contribution < -0.4 is 10.1 Å². The summed E-state index contributed by atoms with van der Waals surface area (Å²) in [6, 6.07) is 6.46. The second-order valence-electron chi connectivity index (χ2n) is 4.44. The van der Waals surface area contributed by atoms with Gasteiger partial charge >= 0.3 is 0 Å². The molecule has 0 spiro atoms. The number of rotatable bonds is 6. The van der Waals surface area contributed by atoms with Gasteiger partial charge in [-0.05, 0) is 32.4 Å². The molecule has 0 amide bonds. The van der Waals surface area contributed by atoms with Crippen LogP contribution in [0.2, 0.25) is 0 Å². The summed E-state index contributed by atoms with van der Waals surface area (Å²) in [5.41, 5.74) is 0.110. The molecule has 0 aliphatic rings. The monoisotopic (exact) mass is 225 g/mol. The summed E-state index contributed by atoms with van der Waals surface area (Å²) < 4.78 is 18.5. The Labute approximate surface area is 96.8 Å². The van der Waals surface area contributed by atoms with E-state index < -0.39 is 0 Å². The number of benzene rings is 1.